The molecule has 0 unspecified atom stereocenters. The van der Waals surface area contributed by atoms with Gasteiger partial charge in [0.1, 0.15) is 0 Å². The van der Waals surface area contributed by atoms with Gasteiger partial charge >= 0.3 is 0 Å². The first kappa shape index (κ1) is 18.6. The summed E-state index contributed by atoms with van der Waals surface area (Å²) in [6.45, 7) is 6.06. The van der Waals surface area contributed by atoms with Crippen molar-refractivity contribution < 1.29 is 9.59 Å². The Bertz CT molecular complexity index is 846. The van der Waals surface area contributed by atoms with Crippen LogP contribution in [0, 0.1) is 11.8 Å². The highest BCUT2D eigenvalue weighted by Gasteiger charge is 2.37. The van der Waals surface area contributed by atoms with Crippen LogP contribution in [0.2, 0.25) is 0 Å². The molecule has 148 valence electrons. The van der Waals surface area contributed by atoms with Gasteiger partial charge in [-0.2, -0.15) is 5.21 Å². The van der Waals surface area contributed by atoms with Crippen LogP contribution in [0.5, 0.6) is 0 Å². The number of rotatable bonds is 5. The number of tetrazole rings is 1. The van der Waals surface area contributed by atoms with E-state index in [1.165, 1.54) is 12.8 Å². The molecule has 4 rings (SSSR count). The van der Waals surface area contributed by atoms with E-state index in [0.29, 0.717) is 42.4 Å². The van der Waals surface area contributed by atoms with Crippen LogP contribution < -0.4 is 0 Å². The summed E-state index contributed by atoms with van der Waals surface area (Å²) in [6.07, 6.45) is 2.77. The molecule has 2 heterocycles. The van der Waals surface area contributed by atoms with E-state index in [1.54, 1.807) is 6.07 Å². The Morgan fingerprint density at radius 3 is 2.75 bits per heavy atom. The molecular formula is C20H26N6O2. The molecule has 8 heteroatoms. The Morgan fingerprint density at radius 2 is 2.07 bits per heavy atom. The summed E-state index contributed by atoms with van der Waals surface area (Å²) in [5, 5.41) is 14.1. The van der Waals surface area contributed by atoms with Crippen molar-refractivity contribution in [3.8, 4) is 11.4 Å². The summed E-state index contributed by atoms with van der Waals surface area (Å²) in [5.74, 6) is 1.38. The lowest BCUT2D eigenvalue weighted by Gasteiger charge is -2.35. The van der Waals surface area contributed by atoms with E-state index in [2.05, 4.69) is 34.5 Å². The van der Waals surface area contributed by atoms with Crippen molar-refractivity contribution in [1.29, 1.82) is 0 Å². The quantitative estimate of drug-likeness (QED) is 0.853. The second-order valence-electron chi connectivity index (χ2n) is 8.08. The Balaban J connectivity index is 1.60. The number of H-pyrrole nitrogens is 1. The molecule has 0 bridgehead atoms. The van der Waals surface area contributed by atoms with Crippen LogP contribution in [-0.4, -0.2) is 67.9 Å². The first-order valence-corrected chi connectivity index (χ1v) is 9.96. The number of carbonyl (C=O) groups excluding carboxylic acids is 2. The molecule has 2 amide bonds. The van der Waals surface area contributed by atoms with Gasteiger partial charge in [-0.05, 0) is 36.0 Å². The fraction of sp³-hybridized carbons (Fsp3) is 0.550. The van der Waals surface area contributed by atoms with Crippen LogP contribution in [0.3, 0.4) is 0 Å². The van der Waals surface area contributed by atoms with E-state index in [4.69, 9.17) is 0 Å². The van der Waals surface area contributed by atoms with Crippen LogP contribution in [0.1, 0.15) is 43.5 Å². The predicted octanol–water partition coefficient (Wildman–Crippen LogP) is 1.98. The Kier molecular flexibility index (Phi) is 5.11. The van der Waals surface area contributed by atoms with Crippen molar-refractivity contribution in [1.82, 2.24) is 30.4 Å². The number of amides is 2. The number of nitrogens with one attached hydrogen (secondary N) is 1. The van der Waals surface area contributed by atoms with Crippen molar-refractivity contribution in [2.75, 3.05) is 19.6 Å². The van der Waals surface area contributed by atoms with Gasteiger partial charge < -0.3 is 9.80 Å². The molecule has 8 nitrogen and oxygen atoms in total. The van der Waals surface area contributed by atoms with Gasteiger partial charge in [0.05, 0.1) is 11.6 Å². The fourth-order valence-corrected chi connectivity index (χ4v) is 3.86. The SMILES string of the molecule is CC(C)[C@@H]1CN(C(=O)c2ccccc2-c2nn[nH]n2)CCC(=O)N1CC1CC1. The van der Waals surface area contributed by atoms with Gasteiger partial charge in [0.25, 0.3) is 5.91 Å². The molecule has 0 radical (unpaired) electrons. The van der Waals surface area contributed by atoms with Crippen LogP contribution >= 0.6 is 0 Å². The Morgan fingerprint density at radius 1 is 1.29 bits per heavy atom. The van der Waals surface area contributed by atoms with E-state index in [0.717, 1.165) is 6.54 Å². The number of benzene rings is 1. The normalized spacial score (nSPS) is 20.5. The van der Waals surface area contributed by atoms with E-state index in [9.17, 15) is 9.59 Å². The minimum absolute atomic E-state index is 0.0388. The van der Waals surface area contributed by atoms with E-state index in [-0.39, 0.29) is 23.8 Å². The molecule has 0 spiro atoms. The molecule has 1 saturated carbocycles. The minimum atomic E-state index is -0.0906. The van der Waals surface area contributed by atoms with Crippen molar-refractivity contribution in [2.45, 2.75) is 39.2 Å². The highest BCUT2D eigenvalue weighted by molar-refractivity contribution is 6.00. The highest BCUT2D eigenvalue weighted by atomic mass is 16.2. The molecule has 1 atom stereocenters. The molecular weight excluding hydrogens is 356 g/mol. The number of nitrogens with zero attached hydrogens (tertiary/aromatic N) is 5. The van der Waals surface area contributed by atoms with Crippen LogP contribution in [-0.2, 0) is 4.79 Å². The number of hydrogen-bond donors (Lipinski definition) is 1. The largest absolute Gasteiger partial charge is 0.337 e. The van der Waals surface area contributed by atoms with Crippen molar-refractivity contribution in [2.24, 2.45) is 11.8 Å². The maximum atomic E-state index is 13.4. The lowest BCUT2D eigenvalue weighted by Crippen LogP contribution is -2.48. The predicted molar refractivity (Wildman–Crippen MR) is 103 cm³/mol. The highest BCUT2D eigenvalue weighted by Crippen LogP contribution is 2.32. The van der Waals surface area contributed by atoms with E-state index < -0.39 is 0 Å². The molecule has 1 aromatic heterocycles. The molecule has 2 fully saturated rings. The molecule has 1 saturated heterocycles. The van der Waals surface area contributed by atoms with Gasteiger partial charge in [-0.1, -0.05) is 32.0 Å². The standard InChI is InChI=1S/C20H26N6O2/c1-13(2)17-12-25(10-9-18(27)26(17)11-14-7-8-14)20(28)16-6-4-3-5-15(16)19-21-23-24-22-19/h3-6,13-14,17H,7-12H2,1-2H3,(H,21,22,23,24)/t17-/m0/s1. The maximum Gasteiger partial charge on any atom is 0.254 e. The Labute approximate surface area is 164 Å². The molecule has 2 aromatic rings. The number of carbonyl (C=O) groups is 2. The lowest BCUT2D eigenvalue weighted by molar-refractivity contribution is -0.133. The molecule has 1 aliphatic carbocycles. The van der Waals surface area contributed by atoms with Gasteiger partial charge in [-0.3, -0.25) is 9.59 Å². The zero-order valence-electron chi connectivity index (χ0n) is 16.3. The summed E-state index contributed by atoms with van der Waals surface area (Å²) in [5.41, 5.74) is 1.18. The van der Waals surface area contributed by atoms with E-state index in [1.807, 2.05) is 28.0 Å². The maximum absolute atomic E-state index is 13.4. The third-order valence-electron chi connectivity index (χ3n) is 5.68. The zero-order chi connectivity index (χ0) is 19.7. The topological polar surface area (TPSA) is 95.1 Å². The number of aromatic amines is 1. The minimum Gasteiger partial charge on any atom is -0.337 e. The van der Waals surface area contributed by atoms with Gasteiger partial charge in [0.15, 0.2) is 0 Å². The summed E-state index contributed by atoms with van der Waals surface area (Å²) in [4.78, 5) is 30.0. The average Bonchev–Trinajstić information content (AvgIpc) is 3.39. The van der Waals surface area contributed by atoms with Gasteiger partial charge in [0, 0.05) is 31.6 Å². The average molecular weight is 382 g/mol. The van der Waals surface area contributed by atoms with Crippen molar-refractivity contribution in [3.63, 3.8) is 0 Å². The summed E-state index contributed by atoms with van der Waals surface area (Å²) in [6, 6.07) is 7.33. The lowest BCUT2D eigenvalue weighted by atomic mass is 10.0. The molecule has 1 N–H and O–H groups in total. The van der Waals surface area contributed by atoms with Crippen LogP contribution in [0.25, 0.3) is 11.4 Å². The summed E-state index contributed by atoms with van der Waals surface area (Å²) in [7, 11) is 0. The molecule has 1 aliphatic heterocycles. The van der Waals surface area contributed by atoms with Crippen LogP contribution in [0.15, 0.2) is 24.3 Å². The third kappa shape index (κ3) is 3.76. The van der Waals surface area contributed by atoms with Gasteiger partial charge in [-0.25, -0.2) is 0 Å². The monoisotopic (exact) mass is 382 g/mol. The van der Waals surface area contributed by atoms with Gasteiger partial charge in [-0.15, -0.1) is 10.2 Å². The molecule has 2 aliphatic rings. The zero-order valence-corrected chi connectivity index (χ0v) is 16.3. The number of aromatic nitrogens is 4. The van der Waals surface area contributed by atoms with E-state index >= 15 is 0 Å². The Hall–Kier alpha value is -2.77. The summed E-state index contributed by atoms with van der Waals surface area (Å²) >= 11 is 0. The molecule has 28 heavy (non-hydrogen) atoms. The van der Waals surface area contributed by atoms with Gasteiger partial charge in [0.2, 0.25) is 11.7 Å². The second kappa shape index (κ2) is 7.69. The summed E-state index contributed by atoms with van der Waals surface area (Å²) < 4.78 is 0. The first-order chi connectivity index (χ1) is 13.5. The smallest absolute Gasteiger partial charge is 0.254 e. The van der Waals surface area contributed by atoms with Crippen LogP contribution in [0.4, 0.5) is 0 Å². The van der Waals surface area contributed by atoms with Crippen molar-refractivity contribution >= 4 is 11.8 Å². The fourth-order valence-electron chi connectivity index (χ4n) is 3.86. The second-order valence-corrected chi connectivity index (χ2v) is 8.08. The number of hydrogen-bond acceptors (Lipinski definition) is 5. The van der Waals surface area contributed by atoms with Crippen molar-refractivity contribution in [3.05, 3.63) is 29.8 Å². The first-order valence-electron chi connectivity index (χ1n) is 9.96. The third-order valence-corrected chi connectivity index (χ3v) is 5.68. The molecule has 1 aromatic carbocycles.